The van der Waals surface area contributed by atoms with Crippen LogP contribution in [-0.4, -0.2) is 46.2 Å². The number of hydrogen-bond donors (Lipinski definition) is 2. The van der Waals surface area contributed by atoms with Gasteiger partial charge in [-0.15, -0.1) is 10.2 Å². The molecule has 0 spiro atoms. The Kier molecular flexibility index (Phi) is 7.55. The minimum absolute atomic E-state index is 0.0178. The van der Waals surface area contributed by atoms with Crippen LogP contribution in [0, 0.1) is 5.82 Å². The summed E-state index contributed by atoms with van der Waals surface area (Å²) in [6, 6.07) is 4.96. The zero-order valence-corrected chi connectivity index (χ0v) is 15.7. The van der Waals surface area contributed by atoms with Gasteiger partial charge in [0.25, 0.3) is 0 Å². The number of amides is 3. The average molecular weight is 397 g/mol. The fraction of sp³-hybridized carbons (Fsp3) is 0.375. The van der Waals surface area contributed by atoms with Crippen molar-refractivity contribution in [3.8, 4) is 5.75 Å². The maximum absolute atomic E-state index is 13.7. The molecular formula is C16H20FN5O4S. The van der Waals surface area contributed by atoms with Crippen molar-refractivity contribution in [1.29, 1.82) is 0 Å². The number of halogens is 1. The third-order valence-corrected chi connectivity index (χ3v) is 4.32. The molecule has 0 bridgehead atoms. The van der Waals surface area contributed by atoms with Gasteiger partial charge in [0.1, 0.15) is 6.61 Å². The summed E-state index contributed by atoms with van der Waals surface area (Å²) in [5, 5.41) is 10.5. The summed E-state index contributed by atoms with van der Waals surface area (Å²) in [6.45, 7) is 2.23. The smallest absolute Gasteiger partial charge is 0.318 e. The molecule has 0 aliphatic rings. The highest BCUT2D eigenvalue weighted by Gasteiger charge is 2.20. The first-order valence-corrected chi connectivity index (χ1v) is 8.93. The number of aromatic nitrogens is 3. The third-order valence-electron chi connectivity index (χ3n) is 3.37. The number of rotatable bonds is 9. The maximum atomic E-state index is 13.7. The van der Waals surface area contributed by atoms with Gasteiger partial charge in [-0.2, -0.15) is 0 Å². The molecule has 1 atom stereocenters. The molecule has 0 saturated carbocycles. The van der Waals surface area contributed by atoms with E-state index in [2.05, 4.69) is 10.2 Å². The van der Waals surface area contributed by atoms with E-state index >= 15 is 0 Å². The summed E-state index contributed by atoms with van der Waals surface area (Å²) in [6.07, 6.45) is 0. The van der Waals surface area contributed by atoms with Crippen LogP contribution in [0.3, 0.4) is 0 Å². The molecule has 0 aliphatic carbocycles. The molecule has 3 N–H and O–H groups in total. The Morgan fingerprint density at radius 2 is 2.11 bits per heavy atom. The van der Waals surface area contributed by atoms with Crippen molar-refractivity contribution in [3.63, 3.8) is 0 Å². The van der Waals surface area contributed by atoms with E-state index in [9.17, 15) is 14.0 Å². The lowest BCUT2D eigenvalue weighted by molar-refractivity contribution is -0.117. The maximum Gasteiger partial charge on any atom is 0.318 e. The second-order valence-corrected chi connectivity index (χ2v) is 6.44. The first-order valence-electron chi connectivity index (χ1n) is 7.94. The van der Waals surface area contributed by atoms with Gasteiger partial charge in [0.05, 0.1) is 18.4 Å². The number of nitrogens with one attached hydrogen (secondary N) is 1. The van der Waals surface area contributed by atoms with Gasteiger partial charge in [0, 0.05) is 7.11 Å². The molecular weight excluding hydrogens is 377 g/mol. The summed E-state index contributed by atoms with van der Waals surface area (Å²) < 4.78 is 26.1. The van der Waals surface area contributed by atoms with Crippen LogP contribution in [0.4, 0.5) is 9.18 Å². The highest BCUT2D eigenvalue weighted by molar-refractivity contribution is 7.99. The van der Waals surface area contributed by atoms with Crippen molar-refractivity contribution in [2.75, 3.05) is 19.5 Å². The molecule has 146 valence electrons. The number of methoxy groups -OCH3 is 1. The molecule has 0 aliphatic heterocycles. The first kappa shape index (κ1) is 20.6. The number of hydrogen-bond acceptors (Lipinski definition) is 7. The van der Waals surface area contributed by atoms with E-state index in [0.29, 0.717) is 17.6 Å². The number of imide groups is 1. The minimum atomic E-state index is -0.922. The van der Waals surface area contributed by atoms with E-state index in [1.165, 1.54) is 12.1 Å². The number of nitrogens with two attached hydrogens (primary N) is 1. The van der Waals surface area contributed by atoms with Crippen molar-refractivity contribution >= 4 is 23.7 Å². The zero-order valence-electron chi connectivity index (χ0n) is 14.8. The standard InChI is InChI=1S/C16H20FN5O4S/c1-10(7-25-2)22-13(8-26-12-6-4-3-5-11(12)17)20-21-16(22)27-9-14(23)19-15(18)24/h3-6,10H,7-9H2,1-2H3,(H3,18,19,23,24)/t10-/m1/s1. The average Bonchev–Trinajstić information content (AvgIpc) is 3.02. The van der Waals surface area contributed by atoms with Crippen LogP contribution in [0.2, 0.25) is 0 Å². The van der Waals surface area contributed by atoms with Gasteiger partial charge < -0.3 is 15.2 Å². The van der Waals surface area contributed by atoms with Crippen molar-refractivity contribution < 1.29 is 23.5 Å². The lowest BCUT2D eigenvalue weighted by atomic mass is 10.3. The van der Waals surface area contributed by atoms with Gasteiger partial charge in [-0.1, -0.05) is 23.9 Å². The number of ether oxygens (including phenoxy) is 2. The Morgan fingerprint density at radius 1 is 1.37 bits per heavy atom. The van der Waals surface area contributed by atoms with Crippen LogP contribution in [0.1, 0.15) is 18.8 Å². The molecule has 3 amide bonds. The van der Waals surface area contributed by atoms with E-state index in [-0.39, 0.29) is 24.2 Å². The highest BCUT2D eigenvalue weighted by atomic mass is 32.2. The Hall–Kier alpha value is -2.66. The summed E-state index contributed by atoms with van der Waals surface area (Å²) in [4.78, 5) is 22.3. The fourth-order valence-electron chi connectivity index (χ4n) is 2.27. The number of urea groups is 1. The molecule has 27 heavy (non-hydrogen) atoms. The molecule has 1 heterocycles. The Balaban J connectivity index is 2.14. The van der Waals surface area contributed by atoms with Crippen LogP contribution in [0.25, 0.3) is 0 Å². The van der Waals surface area contributed by atoms with Crippen LogP contribution in [0.5, 0.6) is 5.75 Å². The SMILES string of the molecule is COC[C@@H](C)n1c(COc2ccccc2F)nnc1SCC(=O)NC(N)=O. The van der Waals surface area contributed by atoms with Crippen molar-refractivity contribution in [2.45, 2.75) is 24.7 Å². The second-order valence-electron chi connectivity index (χ2n) is 5.49. The molecule has 2 rings (SSSR count). The number of para-hydroxylation sites is 1. The number of carbonyl (C=O) groups excluding carboxylic acids is 2. The molecule has 0 saturated heterocycles. The van der Waals surface area contributed by atoms with Crippen molar-refractivity contribution in [1.82, 2.24) is 20.1 Å². The summed E-state index contributed by atoms with van der Waals surface area (Å²) in [7, 11) is 1.56. The molecule has 9 nitrogen and oxygen atoms in total. The lowest BCUT2D eigenvalue weighted by Gasteiger charge is -2.17. The number of nitrogens with zero attached hydrogens (tertiary/aromatic N) is 3. The van der Waals surface area contributed by atoms with Gasteiger partial charge in [0.15, 0.2) is 22.5 Å². The molecule has 1 aromatic heterocycles. The van der Waals surface area contributed by atoms with Gasteiger partial charge in [-0.05, 0) is 19.1 Å². The first-order chi connectivity index (χ1) is 12.9. The van der Waals surface area contributed by atoms with Crippen molar-refractivity contribution in [2.24, 2.45) is 5.73 Å². The summed E-state index contributed by atoms with van der Waals surface area (Å²) in [5.41, 5.74) is 4.91. The van der Waals surface area contributed by atoms with E-state index in [1.54, 1.807) is 23.8 Å². The number of primary amides is 1. The van der Waals surface area contributed by atoms with Crippen LogP contribution in [-0.2, 0) is 16.1 Å². The topological polar surface area (TPSA) is 121 Å². The van der Waals surface area contributed by atoms with E-state index < -0.39 is 17.8 Å². The number of carbonyl (C=O) groups is 2. The lowest BCUT2D eigenvalue weighted by Crippen LogP contribution is -2.36. The number of benzene rings is 1. The third kappa shape index (κ3) is 5.93. The van der Waals surface area contributed by atoms with E-state index in [4.69, 9.17) is 15.2 Å². The molecule has 2 aromatic rings. The predicted molar refractivity (Wildman–Crippen MR) is 95.8 cm³/mol. The second kappa shape index (κ2) is 9.88. The Bertz CT molecular complexity index is 801. The van der Waals surface area contributed by atoms with E-state index in [0.717, 1.165) is 11.8 Å². The molecule has 11 heteroatoms. The minimum Gasteiger partial charge on any atom is -0.483 e. The molecule has 1 aromatic carbocycles. The van der Waals surface area contributed by atoms with Gasteiger partial charge in [0.2, 0.25) is 5.91 Å². The van der Waals surface area contributed by atoms with Crippen LogP contribution < -0.4 is 15.8 Å². The molecule has 0 unspecified atom stereocenters. The molecule has 0 fully saturated rings. The van der Waals surface area contributed by atoms with Crippen LogP contribution >= 0.6 is 11.8 Å². The number of thioether (sulfide) groups is 1. The van der Waals surface area contributed by atoms with E-state index in [1.807, 2.05) is 12.2 Å². The normalized spacial score (nSPS) is 11.8. The Labute approximate surface area is 159 Å². The summed E-state index contributed by atoms with van der Waals surface area (Å²) >= 11 is 1.08. The quantitative estimate of drug-likeness (QED) is 0.615. The fourth-order valence-corrected chi connectivity index (χ4v) is 3.13. The Morgan fingerprint density at radius 3 is 2.78 bits per heavy atom. The molecule has 0 radical (unpaired) electrons. The monoisotopic (exact) mass is 397 g/mol. The summed E-state index contributed by atoms with van der Waals surface area (Å²) in [5.74, 6) is -0.562. The van der Waals surface area contributed by atoms with Gasteiger partial charge >= 0.3 is 6.03 Å². The highest BCUT2D eigenvalue weighted by Crippen LogP contribution is 2.23. The predicted octanol–water partition coefficient (Wildman–Crippen LogP) is 1.49. The van der Waals surface area contributed by atoms with Crippen molar-refractivity contribution in [3.05, 3.63) is 35.9 Å². The largest absolute Gasteiger partial charge is 0.483 e. The zero-order chi connectivity index (χ0) is 19.8. The van der Waals surface area contributed by atoms with Gasteiger partial charge in [-0.25, -0.2) is 9.18 Å². The van der Waals surface area contributed by atoms with Crippen LogP contribution in [0.15, 0.2) is 29.4 Å². The van der Waals surface area contributed by atoms with Gasteiger partial charge in [-0.3, -0.25) is 14.7 Å².